The molecule has 10 nitrogen and oxygen atoms in total. The van der Waals surface area contributed by atoms with Gasteiger partial charge in [0.05, 0.1) is 24.0 Å². The molecule has 0 radical (unpaired) electrons. The normalized spacial score (nSPS) is 20.7. The topological polar surface area (TPSA) is 106 Å². The van der Waals surface area contributed by atoms with Crippen molar-refractivity contribution in [1.29, 1.82) is 0 Å². The summed E-state index contributed by atoms with van der Waals surface area (Å²) in [5, 5.41) is 6.46. The maximum absolute atomic E-state index is 14.9. The number of benzene rings is 1. The van der Waals surface area contributed by atoms with E-state index in [0.29, 0.717) is 36.8 Å². The SMILES string of the molecule is CC(C)(C)OC(=O)N[C@@H]1CCN(c2ccc(N3CC(COc4ccon4)OC3=O)cc2F)C1. The van der Waals surface area contributed by atoms with Gasteiger partial charge in [-0.1, -0.05) is 0 Å². The van der Waals surface area contributed by atoms with Gasteiger partial charge in [0, 0.05) is 19.2 Å². The van der Waals surface area contributed by atoms with E-state index in [1.807, 2.05) is 4.90 Å². The zero-order chi connectivity index (χ0) is 23.6. The van der Waals surface area contributed by atoms with E-state index in [1.165, 1.54) is 17.2 Å². The van der Waals surface area contributed by atoms with Crippen LogP contribution in [0.1, 0.15) is 27.2 Å². The Balaban J connectivity index is 1.33. The summed E-state index contributed by atoms with van der Waals surface area (Å²) < 4.78 is 35.6. The van der Waals surface area contributed by atoms with Crippen LogP contribution in [0.2, 0.25) is 0 Å². The molecular formula is C22H27FN4O6. The van der Waals surface area contributed by atoms with Gasteiger partial charge in [0.1, 0.15) is 24.3 Å². The van der Waals surface area contributed by atoms with Gasteiger partial charge in [-0.05, 0) is 50.5 Å². The molecule has 1 unspecified atom stereocenters. The standard InChI is InChI=1S/C22H27FN4O6/c1-22(2,3)33-20(28)24-14-6-8-26(11-14)18-5-4-15(10-17(18)23)27-12-16(32-21(27)29)13-30-19-7-9-31-25-19/h4-5,7,9-10,14,16H,6,8,11-13H2,1-3H3,(H,24,28)/t14-,16?/m1/s1. The van der Waals surface area contributed by atoms with E-state index >= 15 is 0 Å². The van der Waals surface area contributed by atoms with Crippen LogP contribution in [0.25, 0.3) is 0 Å². The lowest BCUT2D eigenvalue weighted by Gasteiger charge is -2.23. The van der Waals surface area contributed by atoms with Crippen molar-refractivity contribution in [2.75, 3.05) is 36.0 Å². The Morgan fingerprint density at radius 3 is 2.82 bits per heavy atom. The highest BCUT2D eigenvalue weighted by molar-refractivity contribution is 5.90. The molecule has 1 aromatic carbocycles. The summed E-state index contributed by atoms with van der Waals surface area (Å²) in [4.78, 5) is 27.5. The summed E-state index contributed by atoms with van der Waals surface area (Å²) >= 11 is 0. The van der Waals surface area contributed by atoms with Gasteiger partial charge in [0.15, 0.2) is 6.10 Å². The van der Waals surface area contributed by atoms with Crippen LogP contribution >= 0.6 is 0 Å². The Bertz CT molecular complexity index is 993. The molecule has 3 heterocycles. The molecule has 2 saturated heterocycles. The molecule has 2 aliphatic heterocycles. The van der Waals surface area contributed by atoms with Gasteiger partial charge in [0.2, 0.25) is 0 Å². The molecule has 4 rings (SSSR count). The molecular weight excluding hydrogens is 435 g/mol. The number of amides is 2. The van der Waals surface area contributed by atoms with E-state index in [1.54, 1.807) is 39.0 Å². The van der Waals surface area contributed by atoms with Crippen molar-refractivity contribution in [3.05, 3.63) is 36.3 Å². The molecule has 2 fully saturated rings. The van der Waals surface area contributed by atoms with E-state index < -0.39 is 29.7 Å². The number of ether oxygens (including phenoxy) is 3. The third-order valence-corrected chi connectivity index (χ3v) is 5.20. The summed E-state index contributed by atoms with van der Waals surface area (Å²) in [7, 11) is 0. The van der Waals surface area contributed by atoms with Crippen LogP contribution in [0.15, 0.2) is 35.1 Å². The molecule has 178 valence electrons. The highest BCUT2D eigenvalue weighted by Crippen LogP contribution is 2.30. The second-order valence-corrected chi connectivity index (χ2v) is 8.98. The lowest BCUT2D eigenvalue weighted by molar-refractivity contribution is 0.0509. The Morgan fingerprint density at radius 1 is 1.30 bits per heavy atom. The Morgan fingerprint density at radius 2 is 2.12 bits per heavy atom. The number of nitrogens with zero attached hydrogens (tertiary/aromatic N) is 3. The van der Waals surface area contributed by atoms with Crippen LogP contribution in [0.3, 0.4) is 0 Å². The molecule has 11 heteroatoms. The van der Waals surface area contributed by atoms with Crippen LogP contribution in [0.4, 0.5) is 25.4 Å². The minimum atomic E-state index is -0.581. The second-order valence-electron chi connectivity index (χ2n) is 8.98. The lowest BCUT2D eigenvalue weighted by atomic mass is 10.2. The number of carbonyl (C=O) groups excluding carboxylic acids is 2. The molecule has 0 spiro atoms. The van der Waals surface area contributed by atoms with E-state index in [9.17, 15) is 14.0 Å². The van der Waals surface area contributed by atoms with Crippen molar-refractivity contribution < 1.29 is 32.7 Å². The summed E-state index contributed by atoms with van der Waals surface area (Å²) in [5.74, 6) is -0.162. The smallest absolute Gasteiger partial charge is 0.414 e. The fourth-order valence-corrected chi connectivity index (χ4v) is 3.76. The average Bonchev–Trinajstić information content (AvgIpc) is 3.46. The van der Waals surface area contributed by atoms with Gasteiger partial charge in [-0.15, -0.1) is 0 Å². The molecule has 2 atom stereocenters. The molecule has 33 heavy (non-hydrogen) atoms. The van der Waals surface area contributed by atoms with Gasteiger partial charge in [-0.2, -0.15) is 0 Å². The molecule has 1 aromatic heterocycles. The maximum Gasteiger partial charge on any atom is 0.414 e. The Kier molecular flexibility index (Phi) is 6.30. The minimum Gasteiger partial charge on any atom is -0.471 e. The fraction of sp³-hybridized carbons (Fsp3) is 0.500. The van der Waals surface area contributed by atoms with E-state index in [0.717, 1.165) is 0 Å². The van der Waals surface area contributed by atoms with Crippen molar-refractivity contribution in [1.82, 2.24) is 10.5 Å². The van der Waals surface area contributed by atoms with E-state index in [2.05, 4.69) is 15.0 Å². The predicted octanol–water partition coefficient (Wildman–Crippen LogP) is 3.32. The van der Waals surface area contributed by atoms with Crippen molar-refractivity contribution in [3.63, 3.8) is 0 Å². The van der Waals surface area contributed by atoms with Crippen LogP contribution < -0.4 is 19.9 Å². The molecule has 2 aromatic rings. The highest BCUT2D eigenvalue weighted by Gasteiger charge is 2.34. The minimum absolute atomic E-state index is 0.106. The molecule has 0 saturated carbocycles. The van der Waals surface area contributed by atoms with Crippen molar-refractivity contribution in [2.45, 2.75) is 44.9 Å². The molecule has 1 N–H and O–H groups in total. The molecule has 0 bridgehead atoms. The van der Waals surface area contributed by atoms with Gasteiger partial charge in [-0.3, -0.25) is 4.90 Å². The predicted molar refractivity (Wildman–Crippen MR) is 116 cm³/mol. The third-order valence-electron chi connectivity index (χ3n) is 5.20. The number of aromatic nitrogens is 1. The Labute approximate surface area is 190 Å². The fourth-order valence-electron chi connectivity index (χ4n) is 3.76. The van der Waals surface area contributed by atoms with Gasteiger partial charge < -0.3 is 29.0 Å². The number of anilines is 2. The van der Waals surface area contributed by atoms with Crippen molar-refractivity contribution >= 4 is 23.6 Å². The first-order valence-corrected chi connectivity index (χ1v) is 10.7. The number of carbonyl (C=O) groups is 2. The maximum atomic E-state index is 14.9. The summed E-state index contributed by atoms with van der Waals surface area (Å²) in [6.45, 7) is 6.77. The van der Waals surface area contributed by atoms with Crippen LogP contribution in [-0.2, 0) is 9.47 Å². The van der Waals surface area contributed by atoms with Crippen LogP contribution in [0.5, 0.6) is 5.88 Å². The quantitative estimate of drug-likeness (QED) is 0.697. The molecule has 2 aliphatic rings. The van der Waals surface area contributed by atoms with E-state index in [-0.39, 0.29) is 19.2 Å². The van der Waals surface area contributed by atoms with Gasteiger partial charge in [-0.25, -0.2) is 14.0 Å². The largest absolute Gasteiger partial charge is 0.471 e. The number of nitrogens with one attached hydrogen (secondary N) is 1. The van der Waals surface area contributed by atoms with E-state index in [4.69, 9.17) is 14.2 Å². The third kappa shape index (κ3) is 5.65. The summed E-state index contributed by atoms with van der Waals surface area (Å²) in [6.07, 6.45) is 0.475. The first-order valence-electron chi connectivity index (χ1n) is 10.7. The molecule has 0 aliphatic carbocycles. The Hall–Kier alpha value is -3.50. The van der Waals surface area contributed by atoms with Crippen molar-refractivity contribution in [3.8, 4) is 5.88 Å². The summed E-state index contributed by atoms with van der Waals surface area (Å²) in [5.41, 5.74) is 0.223. The number of hydrogen-bond donors (Lipinski definition) is 1. The highest BCUT2D eigenvalue weighted by atomic mass is 19.1. The summed E-state index contributed by atoms with van der Waals surface area (Å²) in [6, 6.07) is 6.03. The van der Waals surface area contributed by atoms with Gasteiger partial charge >= 0.3 is 12.2 Å². The number of alkyl carbamates (subject to hydrolysis) is 1. The second kappa shape index (κ2) is 9.16. The number of halogens is 1. The van der Waals surface area contributed by atoms with Gasteiger partial charge in [0.25, 0.3) is 5.88 Å². The first-order chi connectivity index (χ1) is 15.7. The lowest BCUT2D eigenvalue weighted by Crippen LogP contribution is -2.40. The average molecular weight is 462 g/mol. The molecule has 2 amide bonds. The monoisotopic (exact) mass is 462 g/mol. The number of cyclic esters (lactones) is 1. The zero-order valence-corrected chi connectivity index (χ0v) is 18.7. The number of hydrogen-bond acceptors (Lipinski definition) is 8. The first kappa shape index (κ1) is 22.7. The van der Waals surface area contributed by atoms with Crippen LogP contribution in [-0.4, -0.2) is 61.3 Å². The van der Waals surface area contributed by atoms with Crippen molar-refractivity contribution in [2.24, 2.45) is 0 Å². The van der Waals surface area contributed by atoms with Crippen LogP contribution in [0, 0.1) is 5.82 Å². The zero-order valence-electron chi connectivity index (χ0n) is 18.7. The number of rotatable bonds is 6.